The molecule has 9 heteroatoms. The fourth-order valence-electron chi connectivity index (χ4n) is 2.97. The summed E-state index contributed by atoms with van der Waals surface area (Å²) in [7, 11) is 0. The minimum Gasteiger partial charge on any atom is -0.374 e. The number of nitrogens with one attached hydrogen (secondary N) is 1. The Morgan fingerprint density at radius 3 is 2.39 bits per heavy atom. The zero-order valence-corrected chi connectivity index (χ0v) is 16.3. The van der Waals surface area contributed by atoms with Crippen molar-refractivity contribution >= 4 is 40.5 Å². The molecule has 1 N–H and O–H groups in total. The normalized spacial score (nSPS) is 19.2. The molecule has 1 aliphatic heterocycles. The van der Waals surface area contributed by atoms with E-state index in [1.54, 1.807) is 25.1 Å². The smallest absolute Gasteiger partial charge is 0.374 e. The van der Waals surface area contributed by atoms with E-state index in [0.29, 0.717) is 11.3 Å². The molecule has 0 fully saturated rings. The van der Waals surface area contributed by atoms with Gasteiger partial charge in [0.05, 0.1) is 5.71 Å². The van der Waals surface area contributed by atoms with Crippen LogP contribution in [0.2, 0.25) is 10.0 Å². The number of rotatable bonds is 3. The summed E-state index contributed by atoms with van der Waals surface area (Å²) in [6.45, 7) is 3.12. The SMILES string of the molecule is CC(=O)Nc1cc(C2=NOC(c3cc(Cl)cc(Cl)c3)(C(F)(F)F)C2)ccc1C. The monoisotopic (exact) mass is 430 g/mol. The fourth-order valence-corrected chi connectivity index (χ4v) is 3.50. The van der Waals surface area contributed by atoms with Crippen LogP contribution < -0.4 is 5.32 Å². The molecule has 148 valence electrons. The van der Waals surface area contributed by atoms with E-state index in [4.69, 9.17) is 28.0 Å². The average Bonchev–Trinajstić information content (AvgIpc) is 3.02. The number of carbonyl (C=O) groups is 1. The molecule has 0 saturated carbocycles. The van der Waals surface area contributed by atoms with Gasteiger partial charge in [0.1, 0.15) is 0 Å². The molecule has 1 heterocycles. The summed E-state index contributed by atoms with van der Waals surface area (Å²) in [6, 6.07) is 8.55. The summed E-state index contributed by atoms with van der Waals surface area (Å²) >= 11 is 11.8. The van der Waals surface area contributed by atoms with Crippen LogP contribution in [0.25, 0.3) is 0 Å². The Bertz CT molecular complexity index is 956. The van der Waals surface area contributed by atoms with Gasteiger partial charge < -0.3 is 10.2 Å². The molecule has 3 rings (SSSR count). The Labute approximate surface area is 169 Å². The van der Waals surface area contributed by atoms with E-state index in [1.807, 2.05) is 0 Å². The van der Waals surface area contributed by atoms with Crippen LogP contribution in [-0.4, -0.2) is 17.8 Å². The molecule has 1 atom stereocenters. The number of nitrogens with zero attached hydrogens (tertiary/aromatic N) is 1. The number of aryl methyl sites for hydroxylation is 1. The van der Waals surface area contributed by atoms with Gasteiger partial charge in [-0.3, -0.25) is 4.79 Å². The highest BCUT2D eigenvalue weighted by Crippen LogP contribution is 2.49. The van der Waals surface area contributed by atoms with E-state index in [2.05, 4.69) is 10.5 Å². The summed E-state index contributed by atoms with van der Waals surface area (Å²) in [4.78, 5) is 16.3. The van der Waals surface area contributed by atoms with Gasteiger partial charge in [-0.15, -0.1) is 0 Å². The number of amides is 1. The van der Waals surface area contributed by atoms with Gasteiger partial charge in [-0.05, 0) is 36.8 Å². The van der Waals surface area contributed by atoms with Crippen LogP contribution in [0.1, 0.15) is 30.0 Å². The number of carbonyl (C=O) groups excluding carboxylic acids is 1. The largest absolute Gasteiger partial charge is 0.435 e. The second kappa shape index (κ2) is 7.29. The van der Waals surface area contributed by atoms with Crippen molar-refractivity contribution < 1.29 is 22.8 Å². The van der Waals surface area contributed by atoms with E-state index in [-0.39, 0.29) is 27.2 Å². The number of hydrogen-bond donors (Lipinski definition) is 1. The van der Waals surface area contributed by atoms with Crippen molar-refractivity contribution in [1.29, 1.82) is 0 Å². The van der Waals surface area contributed by atoms with Crippen molar-refractivity contribution in [2.45, 2.75) is 32.0 Å². The molecule has 28 heavy (non-hydrogen) atoms. The molecule has 0 aliphatic carbocycles. The van der Waals surface area contributed by atoms with Crippen molar-refractivity contribution in [3.05, 3.63) is 63.1 Å². The number of hydrogen-bond acceptors (Lipinski definition) is 3. The van der Waals surface area contributed by atoms with Crippen LogP contribution in [0, 0.1) is 6.92 Å². The lowest BCUT2D eigenvalue weighted by Crippen LogP contribution is -2.42. The van der Waals surface area contributed by atoms with E-state index in [0.717, 1.165) is 17.7 Å². The van der Waals surface area contributed by atoms with E-state index in [1.165, 1.54) is 13.0 Å². The lowest BCUT2D eigenvalue weighted by atomic mass is 9.86. The molecular weight excluding hydrogens is 416 g/mol. The highest BCUT2D eigenvalue weighted by Gasteiger charge is 2.62. The third kappa shape index (κ3) is 3.82. The van der Waals surface area contributed by atoms with Crippen LogP contribution >= 0.6 is 23.2 Å². The molecule has 2 aromatic carbocycles. The van der Waals surface area contributed by atoms with Crippen LogP contribution in [-0.2, 0) is 15.2 Å². The van der Waals surface area contributed by atoms with Crippen molar-refractivity contribution in [2.24, 2.45) is 5.16 Å². The maximum Gasteiger partial charge on any atom is 0.435 e. The molecule has 1 unspecified atom stereocenters. The number of benzene rings is 2. The second-order valence-electron chi connectivity index (χ2n) is 6.50. The third-order valence-corrected chi connectivity index (χ3v) is 4.83. The Kier molecular flexibility index (Phi) is 5.34. The van der Waals surface area contributed by atoms with Crippen molar-refractivity contribution in [3.63, 3.8) is 0 Å². The minimum atomic E-state index is -4.77. The fraction of sp³-hybridized carbons (Fsp3) is 0.263. The lowest BCUT2D eigenvalue weighted by Gasteiger charge is -2.29. The number of halogens is 5. The first kappa shape index (κ1) is 20.5. The second-order valence-corrected chi connectivity index (χ2v) is 7.37. The van der Waals surface area contributed by atoms with E-state index >= 15 is 0 Å². The summed E-state index contributed by atoms with van der Waals surface area (Å²) in [5.41, 5.74) is -1.17. The highest BCUT2D eigenvalue weighted by atomic mass is 35.5. The molecule has 0 bridgehead atoms. The Morgan fingerprint density at radius 2 is 1.82 bits per heavy atom. The van der Waals surface area contributed by atoms with Crippen LogP contribution in [0.3, 0.4) is 0 Å². The van der Waals surface area contributed by atoms with Crippen molar-refractivity contribution in [3.8, 4) is 0 Å². The Hall–Kier alpha value is -2.25. The maximum absolute atomic E-state index is 14.0. The van der Waals surface area contributed by atoms with E-state index < -0.39 is 18.2 Å². The first-order valence-corrected chi connectivity index (χ1v) is 8.94. The first-order valence-electron chi connectivity index (χ1n) is 8.19. The summed E-state index contributed by atoms with van der Waals surface area (Å²) in [5, 5.41) is 6.48. The zero-order valence-electron chi connectivity index (χ0n) is 14.8. The van der Waals surface area contributed by atoms with Crippen LogP contribution in [0.4, 0.5) is 18.9 Å². The summed E-state index contributed by atoms with van der Waals surface area (Å²) in [5.74, 6) is -0.289. The Balaban J connectivity index is 2.01. The van der Waals surface area contributed by atoms with Gasteiger partial charge in [0.15, 0.2) is 0 Å². The molecule has 0 saturated heterocycles. The molecular formula is C19H15Cl2F3N2O2. The summed E-state index contributed by atoms with van der Waals surface area (Å²) < 4.78 is 42.1. The zero-order chi connectivity index (χ0) is 20.7. The standard InChI is InChI=1S/C19H15Cl2F3N2O2/c1-10-3-4-12(5-16(10)25-11(2)27)17-9-18(28-26-17,19(22,23)24)13-6-14(20)8-15(21)7-13/h3-8H,9H2,1-2H3,(H,25,27). The number of anilines is 1. The predicted octanol–water partition coefficient (Wildman–Crippen LogP) is 5.84. The highest BCUT2D eigenvalue weighted by molar-refractivity contribution is 6.34. The van der Waals surface area contributed by atoms with E-state index in [9.17, 15) is 18.0 Å². The maximum atomic E-state index is 14.0. The van der Waals surface area contributed by atoms with Gasteiger partial charge in [-0.2, -0.15) is 13.2 Å². The molecule has 0 spiro atoms. The number of oxime groups is 1. The number of alkyl halides is 3. The summed E-state index contributed by atoms with van der Waals surface area (Å²) in [6.07, 6.45) is -5.33. The predicted molar refractivity (Wildman–Crippen MR) is 102 cm³/mol. The topological polar surface area (TPSA) is 50.7 Å². The minimum absolute atomic E-state index is 0.0615. The average molecular weight is 431 g/mol. The van der Waals surface area contributed by atoms with Gasteiger partial charge in [0, 0.05) is 40.2 Å². The Morgan fingerprint density at radius 1 is 1.18 bits per heavy atom. The van der Waals surface area contributed by atoms with Crippen molar-refractivity contribution in [1.82, 2.24) is 0 Å². The molecule has 4 nitrogen and oxygen atoms in total. The van der Waals surface area contributed by atoms with Gasteiger partial charge >= 0.3 is 6.18 Å². The molecule has 0 radical (unpaired) electrons. The van der Waals surface area contributed by atoms with Gasteiger partial charge in [-0.25, -0.2) is 0 Å². The molecule has 1 aliphatic rings. The van der Waals surface area contributed by atoms with Gasteiger partial charge in [0.25, 0.3) is 5.60 Å². The van der Waals surface area contributed by atoms with Crippen LogP contribution in [0.5, 0.6) is 0 Å². The quantitative estimate of drug-likeness (QED) is 0.664. The first-order chi connectivity index (χ1) is 13.0. The molecule has 2 aromatic rings. The lowest BCUT2D eigenvalue weighted by molar-refractivity contribution is -0.275. The van der Waals surface area contributed by atoms with Gasteiger partial charge in [-0.1, -0.05) is 40.5 Å². The van der Waals surface area contributed by atoms with Gasteiger partial charge in [0.2, 0.25) is 5.91 Å². The van der Waals surface area contributed by atoms with Crippen molar-refractivity contribution in [2.75, 3.05) is 5.32 Å². The molecule has 1 amide bonds. The van der Waals surface area contributed by atoms with Crippen LogP contribution in [0.15, 0.2) is 41.6 Å². The third-order valence-electron chi connectivity index (χ3n) is 4.40. The molecule has 0 aromatic heterocycles.